The van der Waals surface area contributed by atoms with Crippen LogP contribution in [0.1, 0.15) is 6.92 Å². The van der Waals surface area contributed by atoms with Crippen molar-refractivity contribution in [1.29, 1.82) is 0 Å². The molecule has 0 saturated heterocycles. The molecule has 2 N–H and O–H groups in total. The number of primary amides is 1. The molecule has 0 aromatic carbocycles. The Hall–Kier alpha value is -0.0600. The van der Waals surface area contributed by atoms with Gasteiger partial charge < -0.3 is 15.6 Å². The third-order valence-electron chi connectivity index (χ3n) is 0. The topological polar surface area (TPSA) is 83.2 Å². The van der Waals surface area contributed by atoms with Gasteiger partial charge in [-0.1, -0.05) is 0 Å². The van der Waals surface area contributed by atoms with Gasteiger partial charge in [-0.3, -0.25) is 4.79 Å². The van der Waals surface area contributed by atoms with Crippen molar-refractivity contribution >= 4 is 12.4 Å². The van der Waals surface area contributed by atoms with Crippen LogP contribution in [-0.4, -0.2) is 12.4 Å². The number of amides is 1. The second-order valence-electron chi connectivity index (χ2n) is 0.628. The van der Waals surface area contributed by atoms with E-state index < -0.39 is 5.97 Å². The standard InChI is InChI=1S/C2H4O2.CH3NO.Na/c1-2(3)4;2-1-3;/h1H3,(H,3,4);1H,(H2,2,3);/q;;+1/p-1. The maximum absolute atomic E-state index is 8.89. The molecule has 0 aliphatic carbocycles. The molecule has 42 valence electrons. The van der Waals surface area contributed by atoms with E-state index in [1.807, 2.05) is 0 Å². The zero-order chi connectivity index (χ0) is 6.28. The van der Waals surface area contributed by atoms with Crippen molar-refractivity contribution in [3.05, 3.63) is 0 Å². The van der Waals surface area contributed by atoms with Crippen molar-refractivity contribution in [1.82, 2.24) is 0 Å². The summed E-state index contributed by atoms with van der Waals surface area (Å²) in [5.41, 5.74) is 4.17. The molecular weight excluding hydrogens is 121 g/mol. The second kappa shape index (κ2) is 15.8. The quantitative estimate of drug-likeness (QED) is 0.261. The van der Waals surface area contributed by atoms with Gasteiger partial charge in [0, 0.05) is 5.97 Å². The average Bonchev–Trinajstić information content (AvgIpc) is 1.33. The Balaban J connectivity index is -0.0000000575. The minimum absolute atomic E-state index is 0. The molecule has 0 aliphatic heterocycles. The molecule has 0 aliphatic rings. The zero-order valence-corrected chi connectivity index (χ0v) is 6.88. The third kappa shape index (κ3) is 40300. The fourth-order valence-electron chi connectivity index (χ4n) is 0. The molecule has 0 radical (unpaired) electrons. The van der Waals surface area contributed by atoms with Gasteiger partial charge in [0.25, 0.3) is 0 Å². The first kappa shape index (κ1) is 15.7. The van der Waals surface area contributed by atoms with E-state index in [4.69, 9.17) is 14.7 Å². The molecule has 0 heterocycles. The van der Waals surface area contributed by atoms with Crippen LogP contribution in [0.25, 0.3) is 0 Å². The van der Waals surface area contributed by atoms with E-state index in [1.165, 1.54) is 0 Å². The van der Waals surface area contributed by atoms with Crippen LogP contribution in [0.15, 0.2) is 0 Å². The van der Waals surface area contributed by atoms with Gasteiger partial charge in [-0.25, -0.2) is 0 Å². The van der Waals surface area contributed by atoms with Crippen molar-refractivity contribution in [3.63, 3.8) is 0 Å². The number of rotatable bonds is 0. The van der Waals surface area contributed by atoms with Gasteiger partial charge in [-0.05, 0) is 6.92 Å². The Bertz CT molecular complexity index is 61.5. The summed E-state index contributed by atoms with van der Waals surface area (Å²) in [6.07, 6.45) is 0.250. The number of hydrogen-bond acceptors (Lipinski definition) is 3. The molecule has 4 nitrogen and oxygen atoms in total. The second-order valence-corrected chi connectivity index (χ2v) is 0.628. The summed E-state index contributed by atoms with van der Waals surface area (Å²) in [6, 6.07) is 0. The SMILES string of the molecule is CC(=O)[O-].NC=O.[Na+]. The summed E-state index contributed by atoms with van der Waals surface area (Å²) < 4.78 is 0. The van der Waals surface area contributed by atoms with Gasteiger partial charge >= 0.3 is 29.6 Å². The molecule has 0 fully saturated rings. The molecule has 0 saturated carbocycles. The molecular formula is C3H6NNaO3. The number of carboxylic acids is 1. The average molecular weight is 127 g/mol. The van der Waals surface area contributed by atoms with Crippen LogP contribution in [0, 0.1) is 0 Å². The zero-order valence-electron chi connectivity index (χ0n) is 4.88. The molecule has 0 atom stereocenters. The molecule has 0 rings (SSSR count). The van der Waals surface area contributed by atoms with Crippen LogP contribution < -0.4 is 40.4 Å². The van der Waals surface area contributed by atoms with Crippen LogP contribution in [0.4, 0.5) is 0 Å². The molecule has 0 bridgehead atoms. The summed E-state index contributed by atoms with van der Waals surface area (Å²) in [5, 5.41) is 8.89. The molecule has 8 heavy (non-hydrogen) atoms. The Morgan fingerprint density at radius 1 is 1.75 bits per heavy atom. The molecule has 0 unspecified atom stereocenters. The first-order valence-electron chi connectivity index (χ1n) is 1.48. The van der Waals surface area contributed by atoms with Crippen LogP contribution in [-0.2, 0) is 9.59 Å². The largest absolute Gasteiger partial charge is 1.00 e. The van der Waals surface area contributed by atoms with E-state index in [0.29, 0.717) is 0 Å². The van der Waals surface area contributed by atoms with Crippen LogP contribution in [0.2, 0.25) is 0 Å². The van der Waals surface area contributed by atoms with Crippen molar-refractivity contribution in [2.45, 2.75) is 6.92 Å². The Morgan fingerprint density at radius 3 is 1.75 bits per heavy atom. The van der Waals surface area contributed by atoms with Crippen molar-refractivity contribution in [2.24, 2.45) is 5.73 Å². The predicted molar refractivity (Wildman–Crippen MR) is 20.9 cm³/mol. The summed E-state index contributed by atoms with van der Waals surface area (Å²) >= 11 is 0. The maximum Gasteiger partial charge on any atom is 1.00 e. The molecule has 0 aromatic heterocycles. The maximum atomic E-state index is 8.89. The summed E-state index contributed by atoms with van der Waals surface area (Å²) in [4.78, 5) is 17.5. The normalized spacial score (nSPS) is 4.62. The fourth-order valence-corrected chi connectivity index (χ4v) is 0. The molecule has 0 aromatic rings. The molecule has 1 amide bonds. The Kier molecular flexibility index (Phi) is 30.9. The van der Waals surface area contributed by atoms with Crippen molar-refractivity contribution in [3.8, 4) is 0 Å². The number of nitrogens with two attached hydrogens (primary N) is 1. The summed E-state index contributed by atoms with van der Waals surface area (Å²) in [6.45, 7) is 0.972. The van der Waals surface area contributed by atoms with Gasteiger partial charge in [0.1, 0.15) is 0 Å². The number of hydrogen-bond donors (Lipinski definition) is 1. The van der Waals surface area contributed by atoms with E-state index >= 15 is 0 Å². The van der Waals surface area contributed by atoms with Gasteiger partial charge in [0.05, 0.1) is 0 Å². The molecule has 5 heteroatoms. The van der Waals surface area contributed by atoms with Crippen molar-refractivity contribution < 1.29 is 44.3 Å². The number of carbonyl (C=O) groups excluding carboxylic acids is 2. The van der Waals surface area contributed by atoms with E-state index in [1.54, 1.807) is 0 Å². The van der Waals surface area contributed by atoms with Crippen LogP contribution in [0.3, 0.4) is 0 Å². The first-order valence-corrected chi connectivity index (χ1v) is 1.48. The van der Waals surface area contributed by atoms with E-state index in [0.717, 1.165) is 6.92 Å². The van der Waals surface area contributed by atoms with Gasteiger partial charge in [-0.2, -0.15) is 0 Å². The van der Waals surface area contributed by atoms with Gasteiger partial charge in [0.2, 0.25) is 6.41 Å². The van der Waals surface area contributed by atoms with Gasteiger partial charge in [-0.15, -0.1) is 0 Å². The minimum Gasteiger partial charge on any atom is -0.550 e. The van der Waals surface area contributed by atoms with E-state index in [2.05, 4.69) is 5.73 Å². The number of carboxylic acid groups (broad SMARTS) is 1. The van der Waals surface area contributed by atoms with E-state index in [-0.39, 0.29) is 36.0 Å². The monoisotopic (exact) mass is 127 g/mol. The van der Waals surface area contributed by atoms with E-state index in [9.17, 15) is 0 Å². The number of aliphatic carboxylic acids is 1. The fraction of sp³-hybridized carbons (Fsp3) is 0.333. The van der Waals surface area contributed by atoms with Crippen molar-refractivity contribution in [2.75, 3.05) is 0 Å². The molecule has 0 spiro atoms. The Morgan fingerprint density at radius 2 is 1.75 bits per heavy atom. The smallest absolute Gasteiger partial charge is 0.550 e. The number of carbonyl (C=O) groups is 2. The van der Waals surface area contributed by atoms with Crippen LogP contribution >= 0.6 is 0 Å². The predicted octanol–water partition coefficient (Wildman–Crippen LogP) is -5.14. The minimum atomic E-state index is -1.08. The Labute approximate surface area is 69.3 Å². The summed E-state index contributed by atoms with van der Waals surface area (Å²) in [7, 11) is 0. The van der Waals surface area contributed by atoms with Crippen LogP contribution in [0.5, 0.6) is 0 Å². The first-order chi connectivity index (χ1) is 3.15. The summed E-state index contributed by atoms with van der Waals surface area (Å²) in [5.74, 6) is -1.08. The third-order valence-corrected chi connectivity index (χ3v) is 0. The van der Waals surface area contributed by atoms with Gasteiger partial charge in [0.15, 0.2) is 0 Å².